The summed E-state index contributed by atoms with van der Waals surface area (Å²) in [6, 6.07) is 9.87. The van der Waals surface area contributed by atoms with E-state index in [1.807, 2.05) is 30.3 Å². The number of fused-ring (bicyclic) bond motifs is 1. The van der Waals surface area contributed by atoms with Gasteiger partial charge in [-0.05, 0) is 29.8 Å². The zero-order valence-electron chi connectivity index (χ0n) is 11.4. The molecule has 2 aromatic rings. The lowest BCUT2D eigenvalue weighted by atomic mass is 10.2. The minimum atomic E-state index is 0.293. The molecule has 1 aromatic heterocycles. The molecule has 0 aliphatic carbocycles. The van der Waals surface area contributed by atoms with Crippen LogP contribution in [0.25, 0.3) is 0 Å². The molecule has 21 heavy (non-hydrogen) atoms. The van der Waals surface area contributed by atoms with Gasteiger partial charge in [-0.15, -0.1) is 11.3 Å². The maximum Gasteiger partial charge on any atom is 0.231 e. The van der Waals surface area contributed by atoms with E-state index in [2.05, 4.69) is 11.8 Å². The second-order valence-electron chi connectivity index (χ2n) is 4.45. The van der Waals surface area contributed by atoms with E-state index in [1.54, 1.807) is 11.3 Å². The van der Waals surface area contributed by atoms with Gasteiger partial charge in [-0.2, -0.15) is 0 Å². The molecule has 0 saturated heterocycles. The van der Waals surface area contributed by atoms with Crippen molar-refractivity contribution in [2.45, 2.75) is 13.2 Å². The van der Waals surface area contributed by atoms with E-state index in [9.17, 15) is 0 Å². The summed E-state index contributed by atoms with van der Waals surface area (Å²) in [6.07, 6.45) is 0. The van der Waals surface area contributed by atoms with Gasteiger partial charge in [0.2, 0.25) is 6.79 Å². The molecule has 108 valence electrons. The SMILES string of the molecule is NCC#Cc1ccc(COCc2ccc3c(c2)OCO3)s1. The second kappa shape index (κ2) is 6.64. The van der Waals surface area contributed by atoms with Gasteiger partial charge in [0.15, 0.2) is 11.5 Å². The maximum atomic E-state index is 5.72. The van der Waals surface area contributed by atoms with Gasteiger partial charge in [0.25, 0.3) is 0 Å². The number of benzene rings is 1. The Morgan fingerprint density at radius 2 is 2.05 bits per heavy atom. The molecule has 2 N–H and O–H groups in total. The summed E-state index contributed by atoms with van der Waals surface area (Å²) in [5, 5.41) is 0. The van der Waals surface area contributed by atoms with Crippen LogP contribution in [0.3, 0.4) is 0 Å². The third-order valence-corrected chi connectivity index (χ3v) is 3.90. The first-order valence-corrected chi connectivity index (χ1v) is 7.41. The topological polar surface area (TPSA) is 53.7 Å². The fourth-order valence-electron chi connectivity index (χ4n) is 1.96. The molecule has 1 aliphatic rings. The predicted octanol–water partition coefficient (Wildman–Crippen LogP) is 2.50. The number of hydrogen-bond acceptors (Lipinski definition) is 5. The van der Waals surface area contributed by atoms with Gasteiger partial charge in [0.1, 0.15) is 0 Å². The van der Waals surface area contributed by atoms with Crippen molar-refractivity contribution in [3.8, 4) is 23.3 Å². The van der Waals surface area contributed by atoms with Crippen LogP contribution in [0.5, 0.6) is 11.5 Å². The highest BCUT2D eigenvalue weighted by atomic mass is 32.1. The molecular formula is C16H15NO3S. The first kappa shape index (κ1) is 14.0. The van der Waals surface area contributed by atoms with Gasteiger partial charge >= 0.3 is 0 Å². The highest BCUT2D eigenvalue weighted by molar-refractivity contribution is 7.12. The maximum absolute atomic E-state index is 5.72. The fourth-order valence-corrected chi connectivity index (χ4v) is 2.78. The van der Waals surface area contributed by atoms with Gasteiger partial charge in [-0.1, -0.05) is 17.9 Å². The van der Waals surface area contributed by atoms with Crippen LogP contribution in [0.15, 0.2) is 30.3 Å². The Hall–Kier alpha value is -2.00. The Labute approximate surface area is 127 Å². The van der Waals surface area contributed by atoms with Crippen molar-refractivity contribution >= 4 is 11.3 Å². The van der Waals surface area contributed by atoms with Crippen molar-refractivity contribution in [3.05, 3.63) is 45.6 Å². The number of hydrogen-bond donors (Lipinski definition) is 1. The Morgan fingerprint density at radius 3 is 2.95 bits per heavy atom. The van der Waals surface area contributed by atoms with E-state index >= 15 is 0 Å². The van der Waals surface area contributed by atoms with E-state index < -0.39 is 0 Å². The van der Waals surface area contributed by atoms with E-state index in [4.69, 9.17) is 19.9 Å². The van der Waals surface area contributed by atoms with Crippen molar-refractivity contribution in [3.63, 3.8) is 0 Å². The molecule has 0 saturated carbocycles. The van der Waals surface area contributed by atoms with Crippen molar-refractivity contribution in [1.29, 1.82) is 0 Å². The molecule has 1 aliphatic heterocycles. The van der Waals surface area contributed by atoms with Gasteiger partial charge in [-0.3, -0.25) is 0 Å². The second-order valence-corrected chi connectivity index (χ2v) is 5.62. The third-order valence-electron chi connectivity index (χ3n) is 2.93. The number of ether oxygens (including phenoxy) is 3. The first-order valence-electron chi connectivity index (χ1n) is 6.59. The minimum absolute atomic E-state index is 0.293. The molecule has 0 fully saturated rings. The van der Waals surface area contributed by atoms with Gasteiger partial charge in [0.05, 0.1) is 24.6 Å². The van der Waals surface area contributed by atoms with Crippen molar-refractivity contribution in [1.82, 2.24) is 0 Å². The Bertz CT molecular complexity index is 684. The molecule has 3 rings (SSSR count). The van der Waals surface area contributed by atoms with Gasteiger partial charge < -0.3 is 19.9 Å². The van der Waals surface area contributed by atoms with Crippen LogP contribution in [0.2, 0.25) is 0 Å². The van der Waals surface area contributed by atoms with E-state index in [1.165, 1.54) is 0 Å². The zero-order chi connectivity index (χ0) is 14.5. The lowest BCUT2D eigenvalue weighted by molar-refractivity contribution is 0.109. The number of nitrogens with two attached hydrogens (primary N) is 1. The summed E-state index contributed by atoms with van der Waals surface area (Å²) in [7, 11) is 0. The van der Waals surface area contributed by atoms with Crippen molar-refractivity contribution in [2.75, 3.05) is 13.3 Å². The van der Waals surface area contributed by atoms with Crippen LogP contribution >= 0.6 is 11.3 Å². The Kier molecular flexibility index (Phi) is 4.41. The predicted molar refractivity (Wildman–Crippen MR) is 81.3 cm³/mol. The van der Waals surface area contributed by atoms with Crippen LogP contribution in [-0.4, -0.2) is 13.3 Å². The smallest absolute Gasteiger partial charge is 0.231 e. The van der Waals surface area contributed by atoms with Crippen LogP contribution in [0, 0.1) is 11.8 Å². The third kappa shape index (κ3) is 3.56. The molecule has 0 atom stereocenters. The minimum Gasteiger partial charge on any atom is -0.454 e. The van der Waals surface area contributed by atoms with E-state index in [0.29, 0.717) is 26.6 Å². The molecule has 1 aromatic carbocycles. The Morgan fingerprint density at radius 1 is 1.14 bits per heavy atom. The average Bonchev–Trinajstić information content (AvgIpc) is 3.13. The summed E-state index contributed by atoms with van der Waals surface area (Å²) in [4.78, 5) is 2.17. The molecule has 4 nitrogen and oxygen atoms in total. The fraction of sp³-hybridized carbons (Fsp3) is 0.250. The Balaban J connectivity index is 1.53. The number of rotatable bonds is 4. The molecule has 0 spiro atoms. The van der Waals surface area contributed by atoms with Crippen LogP contribution in [0.1, 0.15) is 15.3 Å². The first-order chi connectivity index (χ1) is 10.3. The molecule has 0 radical (unpaired) electrons. The van der Waals surface area contributed by atoms with Crippen molar-refractivity contribution in [2.24, 2.45) is 5.73 Å². The van der Waals surface area contributed by atoms with E-state index in [-0.39, 0.29) is 0 Å². The molecule has 5 heteroatoms. The van der Waals surface area contributed by atoms with Crippen molar-refractivity contribution < 1.29 is 14.2 Å². The summed E-state index contributed by atoms with van der Waals surface area (Å²) in [6.45, 7) is 1.79. The highest BCUT2D eigenvalue weighted by Crippen LogP contribution is 2.32. The monoisotopic (exact) mass is 301 g/mol. The normalized spacial score (nSPS) is 12.0. The van der Waals surface area contributed by atoms with Gasteiger partial charge in [0, 0.05) is 4.88 Å². The van der Waals surface area contributed by atoms with Crippen LogP contribution in [0.4, 0.5) is 0 Å². The average molecular weight is 301 g/mol. The van der Waals surface area contributed by atoms with Crippen LogP contribution < -0.4 is 15.2 Å². The largest absolute Gasteiger partial charge is 0.454 e. The summed E-state index contributed by atoms with van der Waals surface area (Å²) < 4.78 is 16.3. The number of thiophene rings is 1. The summed E-state index contributed by atoms with van der Waals surface area (Å²) in [5.74, 6) is 7.44. The van der Waals surface area contributed by atoms with Crippen LogP contribution in [-0.2, 0) is 18.0 Å². The highest BCUT2D eigenvalue weighted by Gasteiger charge is 2.13. The lowest BCUT2D eigenvalue weighted by Gasteiger charge is -2.04. The zero-order valence-corrected chi connectivity index (χ0v) is 12.2. The molecule has 0 unspecified atom stereocenters. The quantitative estimate of drug-likeness (QED) is 0.882. The lowest BCUT2D eigenvalue weighted by Crippen LogP contribution is -1.93. The molecular weight excluding hydrogens is 286 g/mol. The summed E-state index contributed by atoms with van der Waals surface area (Å²) in [5.41, 5.74) is 6.42. The molecule has 0 amide bonds. The molecule has 2 heterocycles. The van der Waals surface area contributed by atoms with E-state index in [0.717, 1.165) is 26.8 Å². The summed E-state index contributed by atoms with van der Waals surface area (Å²) >= 11 is 1.63. The van der Waals surface area contributed by atoms with Gasteiger partial charge in [-0.25, -0.2) is 0 Å². The molecule has 0 bridgehead atoms. The standard InChI is InChI=1S/C16H15NO3S/c17-7-1-2-13-4-5-14(21-13)10-18-9-12-3-6-15-16(8-12)20-11-19-15/h3-6,8H,7,9-11,17H2.